The van der Waals surface area contributed by atoms with Crippen LogP contribution in [-0.2, 0) is 11.3 Å². The predicted molar refractivity (Wildman–Crippen MR) is 104 cm³/mol. The summed E-state index contributed by atoms with van der Waals surface area (Å²) in [5.41, 5.74) is 3.51. The minimum Gasteiger partial charge on any atom is -0.394 e. The molecule has 3 nitrogen and oxygen atoms in total. The van der Waals surface area contributed by atoms with Gasteiger partial charge in [0.15, 0.2) is 0 Å². The molecule has 1 aliphatic heterocycles. The Morgan fingerprint density at radius 1 is 0.800 bits per heavy atom. The van der Waals surface area contributed by atoms with E-state index in [2.05, 4.69) is 58.6 Å². The molecule has 0 bridgehead atoms. The van der Waals surface area contributed by atoms with Gasteiger partial charge in [-0.05, 0) is 29.8 Å². The molecule has 0 fully saturated rings. The van der Waals surface area contributed by atoms with Crippen molar-refractivity contribution in [3.05, 3.63) is 84.4 Å². The molecule has 0 amide bonds. The van der Waals surface area contributed by atoms with Crippen LogP contribution < -0.4 is 4.90 Å². The normalized spacial score (nSPS) is 12.7. The van der Waals surface area contributed by atoms with Crippen molar-refractivity contribution >= 4 is 29.5 Å². The molecule has 0 spiro atoms. The fourth-order valence-corrected chi connectivity index (χ4v) is 3.87. The van der Waals surface area contributed by atoms with Crippen molar-refractivity contribution in [2.75, 3.05) is 11.5 Å². The Kier molecular flexibility index (Phi) is 4.70. The number of hydrogen-bond acceptors (Lipinski definition) is 3. The highest BCUT2D eigenvalue weighted by Gasteiger charge is 2.21. The highest BCUT2D eigenvalue weighted by molar-refractivity contribution is 7.99. The van der Waals surface area contributed by atoms with Crippen molar-refractivity contribution in [2.45, 2.75) is 16.2 Å². The van der Waals surface area contributed by atoms with Gasteiger partial charge in [-0.1, -0.05) is 71.5 Å². The zero-order chi connectivity index (χ0) is 16.9. The van der Waals surface area contributed by atoms with Crippen molar-refractivity contribution in [2.24, 2.45) is 5.16 Å². The van der Waals surface area contributed by atoms with E-state index >= 15 is 0 Å². The first-order valence-corrected chi connectivity index (χ1v) is 9.08. The summed E-state index contributed by atoms with van der Waals surface area (Å²) in [7, 11) is 0. The van der Waals surface area contributed by atoms with E-state index in [1.165, 1.54) is 15.4 Å². The zero-order valence-corrected chi connectivity index (χ0v) is 14.5. The van der Waals surface area contributed by atoms with E-state index in [4.69, 9.17) is 4.84 Å². The van der Waals surface area contributed by atoms with Crippen LogP contribution >= 0.6 is 11.8 Å². The van der Waals surface area contributed by atoms with Gasteiger partial charge < -0.3 is 4.84 Å². The number of fused-ring (bicyclic) bond motifs is 2. The summed E-state index contributed by atoms with van der Waals surface area (Å²) in [6.07, 6.45) is 2.61. The number of hydrogen-bond donors (Lipinski definition) is 0. The van der Waals surface area contributed by atoms with Gasteiger partial charge >= 0.3 is 0 Å². The zero-order valence-electron chi connectivity index (χ0n) is 13.7. The van der Waals surface area contributed by atoms with Crippen molar-refractivity contribution in [3.8, 4) is 0 Å². The third kappa shape index (κ3) is 3.54. The van der Waals surface area contributed by atoms with E-state index in [0.29, 0.717) is 6.61 Å². The quantitative estimate of drug-likeness (QED) is 0.264. The first kappa shape index (κ1) is 15.8. The molecular formula is C21H18N2OS. The number of para-hydroxylation sites is 2. The molecule has 0 aliphatic carbocycles. The third-order valence-electron chi connectivity index (χ3n) is 4.03. The molecule has 0 radical (unpaired) electrons. The van der Waals surface area contributed by atoms with Gasteiger partial charge in [0, 0.05) is 16.2 Å². The fraction of sp³-hybridized carbons (Fsp3) is 0.0952. The Balaban J connectivity index is 1.48. The van der Waals surface area contributed by atoms with Crippen molar-refractivity contribution in [3.63, 3.8) is 0 Å². The standard InChI is InChI=1S/C21H18N2OS/c1-2-8-17(9-3-1)14-15-24-22-16-23-18-10-4-6-12-20(18)25-21-13-7-5-11-19(21)23/h1-13,16H,14-15H2. The van der Waals surface area contributed by atoms with Gasteiger partial charge in [-0.3, -0.25) is 4.90 Å². The van der Waals surface area contributed by atoms with E-state index < -0.39 is 0 Å². The average molecular weight is 346 g/mol. The van der Waals surface area contributed by atoms with Crippen LogP contribution in [0.1, 0.15) is 5.56 Å². The number of rotatable bonds is 5. The molecule has 0 N–H and O–H groups in total. The maximum atomic E-state index is 5.49. The second kappa shape index (κ2) is 7.45. The molecule has 4 rings (SSSR count). The van der Waals surface area contributed by atoms with Gasteiger partial charge in [0.25, 0.3) is 0 Å². The summed E-state index contributed by atoms with van der Waals surface area (Å²) < 4.78 is 0. The van der Waals surface area contributed by atoms with Crippen LogP contribution in [0.4, 0.5) is 11.4 Å². The lowest BCUT2D eigenvalue weighted by molar-refractivity contribution is 0.149. The smallest absolute Gasteiger partial charge is 0.140 e. The molecule has 1 heterocycles. The molecule has 3 aromatic carbocycles. The van der Waals surface area contributed by atoms with E-state index in [1.807, 2.05) is 30.3 Å². The molecular weight excluding hydrogens is 328 g/mol. The maximum Gasteiger partial charge on any atom is 0.140 e. The highest BCUT2D eigenvalue weighted by Crippen LogP contribution is 2.47. The summed E-state index contributed by atoms with van der Waals surface area (Å²) in [6, 6.07) is 27.0. The van der Waals surface area contributed by atoms with E-state index in [1.54, 1.807) is 18.1 Å². The summed E-state index contributed by atoms with van der Waals surface area (Å²) in [6.45, 7) is 0.562. The van der Waals surface area contributed by atoms with Gasteiger partial charge in [-0.25, -0.2) is 0 Å². The van der Waals surface area contributed by atoms with Gasteiger partial charge in [0.1, 0.15) is 12.9 Å². The van der Waals surface area contributed by atoms with Gasteiger partial charge in [0.05, 0.1) is 11.4 Å². The van der Waals surface area contributed by atoms with Crippen LogP contribution in [0.2, 0.25) is 0 Å². The number of nitrogens with zero attached hydrogens (tertiary/aromatic N) is 2. The molecule has 3 aromatic rings. The maximum absolute atomic E-state index is 5.49. The molecule has 0 saturated heterocycles. The van der Waals surface area contributed by atoms with Crippen molar-refractivity contribution < 1.29 is 4.84 Å². The largest absolute Gasteiger partial charge is 0.394 e. The number of benzene rings is 3. The Hall–Kier alpha value is -2.72. The SMILES string of the molecule is C(=NOCCc1ccccc1)N1c2ccccc2Sc2ccccc21. The summed E-state index contributed by atoms with van der Waals surface area (Å²) >= 11 is 1.78. The predicted octanol–water partition coefficient (Wildman–Crippen LogP) is 5.49. The first-order valence-electron chi connectivity index (χ1n) is 8.26. The number of anilines is 2. The van der Waals surface area contributed by atoms with Crippen LogP contribution in [0.15, 0.2) is 93.8 Å². The minimum atomic E-state index is 0.562. The first-order chi connectivity index (χ1) is 12.4. The molecule has 124 valence electrons. The second-order valence-electron chi connectivity index (χ2n) is 5.70. The molecule has 0 atom stereocenters. The summed E-state index contributed by atoms with van der Waals surface area (Å²) in [5.74, 6) is 0. The Morgan fingerprint density at radius 2 is 1.40 bits per heavy atom. The lowest BCUT2D eigenvalue weighted by atomic mass is 10.2. The van der Waals surface area contributed by atoms with Crippen LogP contribution in [0.3, 0.4) is 0 Å². The topological polar surface area (TPSA) is 24.8 Å². The second-order valence-corrected chi connectivity index (χ2v) is 6.78. The monoisotopic (exact) mass is 346 g/mol. The van der Waals surface area contributed by atoms with Gasteiger partial charge in [0.2, 0.25) is 0 Å². The molecule has 0 unspecified atom stereocenters. The lowest BCUT2D eigenvalue weighted by Crippen LogP contribution is -2.18. The summed E-state index contributed by atoms with van der Waals surface area (Å²) in [4.78, 5) is 10.0. The van der Waals surface area contributed by atoms with Crippen LogP contribution in [-0.4, -0.2) is 12.9 Å². The van der Waals surface area contributed by atoms with Crippen LogP contribution in [0.5, 0.6) is 0 Å². The average Bonchev–Trinajstić information content (AvgIpc) is 2.68. The van der Waals surface area contributed by atoms with Crippen LogP contribution in [0.25, 0.3) is 0 Å². The molecule has 0 saturated carbocycles. The van der Waals surface area contributed by atoms with E-state index in [0.717, 1.165) is 17.8 Å². The lowest BCUT2D eigenvalue weighted by Gasteiger charge is -2.28. The van der Waals surface area contributed by atoms with E-state index in [-0.39, 0.29) is 0 Å². The fourth-order valence-electron chi connectivity index (χ4n) is 2.80. The highest BCUT2D eigenvalue weighted by atomic mass is 32.2. The van der Waals surface area contributed by atoms with Crippen LogP contribution in [0, 0.1) is 0 Å². The minimum absolute atomic E-state index is 0.562. The Labute approximate surface area is 151 Å². The molecule has 0 aromatic heterocycles. The molecule has 25 heavy (non-hydrogen) atoms. The van der Waals surface area contributed by atoms with E-state index in [9.17, 15) is 0 Å². The van der Waals surface area contributed by atoms with Crippen molar-refractivity contribution in [1.29, 1.82) is 0 Å². The van der Waals surface area contributed by atoms with Gasteiger partial charge in [-0.2, -0.15) is 0 Å². The molecule has 1 aliphatic rings. The molecule has 4 heteroatoms. The third-order valence-corrected chi connectivity index (χ3v) is 5.16. The van der Waals surface area contributed by atoms with Crippen molar-refractivity contribution in [1.82, 2.24) is 0 Å². The number of oxime groups is 1. The Bertz CT molecular complexity index is 834. The Morgan fingerprint density at radius 3 is 2.08 bits per heavy atom. The summed E-state index contributed by atoms with van der Waals surface area (Å²) in [5, 5.41) is 4.20. The van der Waals surface area contributed by atoms with Gasteiger partial charge in [-0.15, -0.1) is 0 Å².